The van der Waals surface area contributed by atoms with E-state index in [1.165, 1.54) is 0 Å². The molecule has 0 bridgehead atoms. The fourth-order valence-electron chi connectivity index (χ4n) is 2.40. The summed E-state index contributed by atoms with van der Waals surface area (Å²) in [5, 5.41) is 7.34. The summed E-state index contributed by atoms with van der Waals surface area (Å²) in [6.07, 6.45) is 4.30. The third-order valence-corrected chi connectivity index (χ3v) is 3.59. The van der Waals surface area contributed by atoms with Gasteiger partial charge in [-0.05, 0) is 31.5 Å². The van der Waals surface area contributed by atoms with Gasteiger partial charge in [-0.25, -0.2) is 0 Å². The molecule has 20 heavy (non-hydrogen) atoms. The van der Waals surface area contributed by atoms with Gasteiger partial charge in [-0.1, -0.05) is 30.3 Å². The van der Waals surface area contributed by atoms with E-state index in [1.54, 1.807) is 13.2 Å². The Labute approximate surface area is 118 Å². The SMILES string of the molecule is CNC(CCn1cc(C)cn1)(C(N)=O)c1ccccc1. The first kappa shape index (κ1) is 14.3. The maximum Gasteiger partial charge on any atom is 0.242 e. The number of nitrogens with zero attached hydrogens (tertiary/aromatic N) is 2. The van der Waals surface area contributed by atoms with Crippen molar-refractivity contribution in [3.8, 4) is 0 Å². The highest BCUT2D eigenvalue weighted by molar-refractivity contribution is 5.86. The number of aryl methyl sites for hydroxylation is 2. The summed E-state index contributed by atoms with van der Waals surface area (Å²) >= 11 is 0. The normalized spacial score (nSPS) is 13.9. The number of aromatic nitrogens is 2. The van der Waals surface area contributed by atoms with E-state index in [0.717, 1.165) is 11.1 Å². The molecule has 5 heteroatoms. The van der Waals surface area contributed by atoms with Crippen LogP contribution in [-0.2, 0) is 16.9 Å². The van der Waals surface area contributed by atoms with Gasteiger partial charge in [0.1, 0.15) is 5.54 Å². The lowest BCUT2D eigenvalue weighted by Gasteiger charge is -2.30. The van der Waals surface area contributed by atoms with Gasteiger partial charge in [0, 0.05) is 12.7 Å². The van der Waals surface area contributed by atoms with Crippen LogP contribution in [0.3, 0.4) is 0 Å². The fourth-order valence-corrected chi connectivity index (χ4v) is 2.40. The van der Waals surface area contributed by atoms with Crippen LogP contribution in [0.2, 0.25) is 0 Å². The van der Waals surface area contributed by atoms with Crippen LogP contribution in [0.5, 0.6) is 0 Å². The number of carbonyl (C=O) groups is 1. The Balaban J connectivity index is 2.26. The van der Waals surface area contributed by atoms with Crippen LogP contribution < -0.4 is 11.1 Å². The van der Waals surface area contributed by atoms with Gasteiger partial charge in [0.25, 0.3) is 0 Å². The summed E-state index contributed by atoms with van der Waals surface area (Å²) in [4.78, 5) is 12.0. The predicted molar refractivity (Wildman–Crippen MR) is 78.0 cm³/mol. The maximum atomic E-state index is 12.0. The Morgan fingerprint density at radius 1 is 1.40 bits per heavy atom. The minimum Gasteiger partial charge on any atom is -0.368 e. The average Bonchev–Trinajstić information content (AvgIpc) is 2.87. The number of primary amides is 1. The second kappa shape index (κ2) is 5.88. The van der Waals surface area contributed by atoms with E-state index in [9.17, 15) is 4.79 Å². The van der Waals surface area contributed by atoms with Crippen molar-refractivity contribution in [3.05, 3.63) is 53.9 Å². The number of hydrogen-bond donors (Lipinski definition) is 2. The van der Waals surface area contributed by atoms with E-state index in [0.29, 0.717) is 13.0 Å². The Morgan fingerprint density at radius 3 is 2.60 bits per heavy atom. The van der Waals surface area contributed by atoms with Gasteiger partial charge in [-0.3, -0.25) is 9.48 Å². The van der Waals surface area contributed by atoms with Crippen molar-refractivity contribution in [2.24, 2.45) is 5.73 Å². The molecule has 1 aromatic heterocycles. The van der Waals surface area contributed by atoms with Crippen molar-refractivity contribution in [3.63, 3.8) is 0 Å². The Kier molecular flexibility index (Phi) is 4.20. The zero-order valence-electron chi connectivity index (χ0n) is 11.8. The topological polar surface area (TPSA) is 72.9 Å². The number of hydrogen-bond acceptors (Lipinski definition) is 3. The number of likely N-dealkylation sites (N-methyl/N-ethyl adjacent to an activating group) is 1. The Bertz CT molecular complexity index is 579. The van der Waals surface area contributed by atoms with Crippen molar-refractivity contribution >= 4 is 5.91 Å². The summed E-state index contributed by atoms with van der Waals surface area (Å²) in [6.45, 7) is 2.60. The highest BCUT2D eigenvalue weighted by atomic mass is 16.1. The van der Waals surface area contributed by atoms with Crippen LogP contribution in [-0.4, -0.2) is 22.7 Å². The van der Waals surface area contributed by atoms with Gasteiger partial charge in [-0.15, -0.1) is 0 Å². The number of amides is 1. The summed E-state index contributed by atoms with van der Waals surface area (Å²) in [6, 6.07) is 9.55. The molecule has 5 nitrogen and oxygen atoms in total. The molecule has 2 aromatic rings. The molecule has 1 heterocycles. The van der Waals surface area contributed by atoms with E-state index < -0.39 is 5.54 Å². The van der Waals surface area contributed by atoms with Crippen molar-refractivity contribution in [1.82, 2.24) is 15.1 Å². The molecule has 0 spiro atoms. The van der Waals surface area contributed by atoms with Crippen molar-refractivity contribution in [2.45, 2.75) is 25.4 Å². The summed E-state index contributed by atoms with van der Waals surface area (Å²) in [7, 11) is 1.76. The van der Waals surface area contributed by atoms with Gasteiger partial charge < -0.3 is 11.1 Å². The third kappa shape index (κ3) is 2.72. The molecule has 1 atom stereocenters. The zero-order chi connectivity index (χ0) is 14.6. The van der Waals surface area contributed by atoms with Crippen molar-refractivity contribution in [2.75, 3.05) is 7.05 Å². The predicted octanol–water partition coefficient (Wildman–Crippen LogP) is 1.18. The molecular formula is C15H20N4O. The van der Waals surface area contributed by atoms with E-state index in [1.807, 2.05) is 48.1 Å². The molecule has 106 valence electrons. The molecule has 0 aliphatic rings. The van der Waals surface area contributed by atoms with E-state index >= 15 is 0 Å². The van der Waals surface area contributed by atoms with Crippen LogP contribution in [0.25, 0.3) is 0 Å². The van der Waals surface area contributed by atoms with Gasteiger partial charge in [0.2, 0.25) is 5.91 Å². The number of nitrogens with two attached hydrogens (primary N) is 1. The third-order valence-electron chi connectivity index (χ3n) is 3.59. The summed E-state index contributed by atoms with van der Waals surface area (Å²) in [5.74, 6) is -0.380. The molecule has 0 saturated heterocycles. The second-order valence-electron chi connectivity index (χ2n) is 4.92. The molecule has 0 radical (unpaired) electrons. The maximum absolute atomic E-state index is 12.0. The highest BCUT2D eigenvalue weighted by Gasteiger charge is 2.36. The molecule has 3 N–H and O–H groups in total. The number of nitrogens with one attached hydrogen (secondary N) is 1. The number of carbonyl (C=O) groups excluding carboxylic acids is 1. The molecule has 0 fully saturated rings. The summed E-state index contributed by atoms with van der Waals surface area (Å²) < 4.78 is 1.83. The molecule has 2 rings (SSSR count). The first-order valence-electron chi connectivity index (χ1n) is 6.62. The minimum absolute atomic E-state index is 0.380. The molecule has 0 aliphatic heterocycles. The van der Waals surface area contributed by atoms with Crippen LogP contribution in [0.15, 0.2) is 42.7 Å². The second-order valence-corrected chi connectivity index (χ2v) is 4.92. The smallest absolute Gasteiger partial charge is 0.242 e. The van der Waals surface area contributed by atoms with Crippen LogP contribution >= 0.6 is 0 Å². The first-order valence-corrected chi connectivity index (χ1v) is 6.62. The zero-order valence-corrected chi connectivity index (χ0v) is 11.8. The van der Waals surface area contributed by atoms with E-state index in [-0.39, 0.29) is 5.91 Å². The van der Waals surface area contributed by atoms with E-state index in [2.05, 4.69) is 10.4 Å². The van der Waals surface area contributed by atoms with Crippen LogP contribution in [0.4, 0.5) is 0 Å². The number of benzene rings is 1. The molecule has 0 saturated carbocycles. The van der Waals surface area contributed by atoms with Crippen LogP contribution in [0, 0.1) is 6.92 Å². The molecular weight excluding hydrogens is 252 g/mol. The van der Waals surface area contributed by atoms with Crippen molar-refractivity contribution in [1.29, 1.82) is 0 Å². The standard InChI is InChI=1S/C15H20N4O/c1-12-10-18-19(11-12)9-8-15(17-2,14(16)20)13-6-4-3-5-7-13/h3-7,10-11,17H,8-9H2,1-2H3,(H2,16,20). The lowest BCUT2D eigenvalue weighted by Crippen LogP contribution is -2.51. The molecule has 0 aliphatic carbocycles. The van der Waals surface area contributed by atoms with E-state index in [4.69, 9.17) is 5.73 Å². The molecule has 1 amide bonds. The van der Waals surface area contributed by atoms with Crippen LogP contribution in [0.1, 0.15) is 17.5 Å². The largest absolute Gasteiger partial charge is 0.368 e. The first-order chi connectivity index (χ1) is 9.58. The van der Waals surface area contributed by atoms with Gasteiger partial charge in [-0.2, -0.15) is 5.10 Å². The van der Waals surface area contributed by atoms with Gasteiger partial charge in [0.15, 0.2) is 0 Å². The Morgan fingerprint density at radius 2 is 2.10 bits per heavy atom. The van der Waals surface area contributed by atoms with Gasteiger partial charge in [0.05, 0.1) is 6.20 Å². The monoisotopic (exact) mass is 272 g/mol. The Hall–Kier alpha value is -2.14. The average molecular weight is 272 g/mol. The van der Waals surface area contributed by atoms with Gasteiger partial charge >= 0.3 is 0 Å². The number of rotatable bonds is 6. The molecule has 1 aromatic carbocycles. The molecule has 1 unspecified atom stereocenters. The minimum atomic E-state index is -0.874. The fraction of sp³-hybridized carbons (Fsp3) is 0.333. The summed E-state index contributed by atoms with van der Waals surface area (Å²) in [5.41, 5.74) is 6.75. The quantitative estimate of drug-likeness (QED) is 0.829. The van der Waals surface area contributed by atoms with Crippen molar-refractivity contribution < 1.29 is 4.79 Å². The lowest BCUT2D eigenvalue weighted by atomic mass is 9.86. The lowest BCUT2D eigenvalue weighted by molar-refractivity contribution is -0.125. The highest BCUT2D eigenvalue weighted by Crippen LogP contribution is 2.25.